The minimum atomic E-state index is -0.0625. The summed E-state index contributed by atoms with van der Waals surface area (Å²) in [6.07, 6.45) is 0.902. The fourth-order valence-corrected chi connectivity index (χ4v) is 2.78. The molecule has 0 aliphatic carbocycles. The third-order valence-electron chi connectivity index (χ3n) is 2.11. The van der Waals surface area contributed by atoms with E-state index < -0.39 is 0 Å². The first-order valence-corrected chi connectivity index (χ1v) is 6.90. The van der Waals surface area contributed by atoms with Crippen LogP contribution >= 0.6 is 27.3 Å². The molecule has 1 N–H and O–H groups in total. The highest BCUT2D eigenvalue weighted by atomic mass is 79.9. The Hall–Kier alpha value is -0.550. The van der Waals surface area contributed by atoms with E-state index in [1.165, 1.54) is 11.3 Å². The standard InChI is InChI=1S/C11H16BrNO2S/c1-7(12)6-8(2)13-11(14)10-9(15-3)4-5-16-10/h4-5,7-8H,6H2,1-3H3,(H,13,14). The molecule has 0 aliphatic rings. The normalized spacial score (nSPS) is 14.2. The lowest BCUT2D eigenvalue weighted by atomic mass is 10.2. The van der Waals surface area contributed by atoms with Crippen molar-refractivity contribution in [2.75, 3.05) is 7.11 Å². The average molecular weight is 306 g/mol. The number of hydrogen-bond acceptors (Lipinski definition) is 3. The summed E-state index contributed by atoms with van der Waals surface area (Å²) in [7, 11) is 1.57. The molecule has 1 amide bonds. The summed E-state index contributed by atoms with van der Waals surface area (Å²) in [5.41, 5.74) is 0. The van der Waals surface area contributed by atoms with Crippen LogP contribution in [-0.2, 0) is 0 Å². The lowest BCUT2D eigenvalue weighted by molar-refractivity contribution is 0.0940. The third-order valence-corrected chi connectivity index (χ3v) is 3.38. The van der Waals surface area contributed by atoms with Crippen molar-refractivity contribution in [1.29, 1.82) is 0 Å². The Balaban J connectivity index is 2.58. The van der Waals surface area contributed by atoms with Crippen molar-refractivity contribution < 1.29 is 9.53 Å². The quantitative estimate of drug-likeness (QED) is 0.849. The smallest absolute Gasteiger partial charge is 0.265 e. The first-order valence-electron chi connectivity index (χ1n) is 5.11. The van der Waals surface area contributed by atoms with Crippen LogP contribution in [0.3, 0.4) is 0 Å². The largest absolute Gasteiger partial charge is 0.495 e. The number of rotatable bonds is 5. The minimum absolute atomic E-state index is 0.0625. The first-order chi connectivity index (χ1) is 7.54. The van der Waals surface area contributed by atoms with E-state index in [4.69, 9.17) is 4.74 Å². The van der Waals surface area contributed by atoms with Crippen LogP contribution in [0.2, 0.25) is 0 Å². The van der Waals surface area contributed by atoms with Crippen molar-refractivity contribution in [3.8, 4) is 5.75 Å². The van der Waals surface area contributed by atoms with Gasteiger partial charge in [-0.25, -0.2) is 0 Å². The summed E-state index contributed by atoms with van der Waals surface area (Å²) < 4.78 is 5.11. The maximum absolute atomic E-state index is 11.9. The molecule has 16 heavy (non-hydrogen) atoms. The SMILES string of the molecule is COc1ccsc1C(=O)NC(C)CC(C)Br. The number of hydrogen-bond donors (Lipinski definition) is 1. The molecule has 1 aromatic rings. The molecule has 0 saturated carbocycles. The van der Waals surface area contributed by atoms with Crippen LogP contribution in [0.15, 0.2) is 11.4 Å². The van der Waals surface area contributed by atoms with Crippen LogP contribution in [0, 0.1) is 0 Å². The van der Waals surface area contributed by atoms with Gasteiger partial charge in [0.15, 0.2) is 0 Å². The van der Waals surface area contributed by atoms with Crippen molar-refractivity contribution in [3.05, 3.63) is 16.3 Å². The van der Waals surface area contributed by atoms with Crippen LogP contribution in [-0.4, -0.2) is 23.9 Å². The van der Waals surface area contributed by atoms with Gasteiger partial charge in [0.1, 0.15) is 10.6 Å². The maximum atomic E-state index is 11.9. The Morgan fingerprint density at radius 1 is 1.62 bits per heavy atom. The molecular formula is C11H16BrNO2S. The molecule has 2 atom stereocenters. The van der Waals surface area contributed by atoms with Crippen molar-refractivity contribution in [1.82, 2.24) is 5.32 Å². The first kappa shape index (κ1) is 13.5. The highest BCUT2D eigenvalue weighted by molar-refractivity contribution is 9.09. The molecule has 0 aromatic carbocycles. The summed E-state index contributed by atoms with van der Waals surface area (Å²) in [5.74, 6) is 0.578. The summed E-state index contributed by atoms with van der Waals surface area (Å²) in [6, 6.07) is 1.95. The van der Waals surface area contributed by atoms with Crippen LogP contribution in [0.25, 0.3) is 0 Å². The van der Waals surface area contributed by atoms with Crippen LogP contribution in [0.1, 0.15) is 29.9 Å². The van der Waals surface area contributed by atoms with E-state index in [2.05, 4.69) is 28.2 Å². The Bertz CT molecular complexity index is 352. The van der Waals surface area contributed by atoms with Gasteiger partial charge in [0.05, 0.1) is 7.11 Å². The van der Waals surface area contributed by atoms with E-state index in [-0.39, 0.29) is 11.9 Å². The van der Waals surface area contributed by atoms with Crippen molar-refractivity contribution in [2.24, 2.45) is 0 Å². The van der Waals surface area contributed by atoms with Gasteiger partial charge >= 0.3 is 0 Å². The van der Waals surface area contributed by atoms with Gasteiger partial charge in [0, 0.05) is 10.9 Å². The predicted molar refractivity (Wildman–Crippen MR) is 70.8 cm³/mol. The summed E-state index contributed by atoms with van der Waals surface area (Å²) in [5, 5.41) is 4.80. The topological polar surface area (TPSA) is 38.3 Å². The molecule has 0 bridgehead atoms. The van der Waals surface area contributed by atoms with Gasteiger partial charge in [-0.15, -0.1) is 11.3 Å². The fraction of sp³-hybridized carbons (Fsp3) is 0.545. The highest BCUT2D eigenvalue weighted by Crippen LogP contribution is 2.24. The molecule has 0 aliphatic heterocycles. The summed E-state index contributed by atoms with van der Waals surface area (Å²) in [4.78, 5) is 12.9. The van der Waals surface area contributed by atoms with Crippen molar-refractivity contribution in [3.63, 3.8) is 0 Å². The predicted octanol–water partition coefficient (Wildman–Crippen LogP) is 3.05. The van der Waals surface area contributed by atoms with E-state index in [0.29, 0.717) is 15.5 Å². The molecule has 1 heterocycles. The number of amides is 1. The second-order valence-electron chi connectivity index (χ2n) is 3.71. The monoisotopic (exact) mass is 305 g/mol. The molecule has 2 unspecified atom stereocenters. The number of nitrogens with one attached hydrogen (secondary N) is 1. The third kappa shape index (κ3) is 3.79. The lowest BCUT2D eigenvalue weighted by Crippen LogP contribution is -2.33. The van der Waals surface area contributed by atoms with Gasteiger partial charge in [0.2, 0.25) is 0 Å². The van der Waals surface area contributed by atoms with E-state index in [9.17, 15) is 4.79 Å². The van der Waals surface area contributed by atoms with E-state index in [1.54, 1.807) is 13.2 Å². The second-order valence-corrected chi connectivity index (χ2v) is 6.19. The van der Waals surface area contributed by atoms with Crippen molar-refractivity contribution in [2.45, 2.75) is 31.1 Å². The molecule has 1 aromatic heterocycles. The van der Waals surface area contributed by atoms with Crippen LogP contribution in [0.5, 0.6) is 5.75 Å². The minimum Gasteiger partial charge on any atom is -0.495 e. The Labute approximate surface area is 108 Å². The number of carbonyl (C=O) groups excluding carboxylic acids is 1. The highest BCUT2D eigenvalue weighted by Gasteiger charge is 2.16. The molecular weight excluding hydrogens is 290 g/mol. The van der Waals surface area contributed by atoms with E-state index in [0.717, 1.165) is 6.42 Å². The Morgan fingerprint density at radius 3 is 2.88 bits per heavy atom. The number of methoxy groups -OCH3 is 1. The van der Waals surface area contributed by atoms with Crippen molar-refractivity contribution >= 4 is 33.2 Å². The van der Waals surface area contributed by atoms with Crippen LogP contribution < -0.4 is 10.1 Å². The molecule has 5 heteroatoms. The Morgan fingerprint density at radius 2 is 2.31 bits per heavy atom. The molecule has 0 saturated heterocycles. The van der Waals surface area contributed by atoms with E-state index in [1.807, 2.05) is 12.3 Å². The summed E-state index contributed by atoms with van der Waals surface area (Å²) >= 11 is 4.86. The number of ether oxygens (including phenoxy) is 1. The Kier molecular flexibility index (Phi) is 5.28. The molecule has 90 valence electrons. The number of carbonyl (C=O) groups is 1. The fourth-order valence-electron chi connectivity index (χ4n) is 1.46. The van der Waals surface area contributed by atoms with Gasteiger partial charge in [-0.1, -0.05) is 22.9 Å². The molecule has 0 radical (unpaired) electrons. The van der Waals surface area contributed by atoms with Gasteiger partial charge in [-0.2, -0.15) is 0 Å². The number of halogens is 1. The molecule has 1 rings (SSSR count). The zero-order valence-electron chi connectivity index (χ0n) is 9.62. The van der Waals surface area contributed by atoms with Gasteiger partial charge in [-0.05, 0) is 24.8 Å². The van der Waals surface area contributed by atoms with Gasteiger partial charge < -0.3 is 10.1 Å². The second kappa shape index (κ2) is 6.25. The summed E-state index contributed by atoms with van der Waals surface area (Å²) in [6.45, 7) is 4.06. The van der Waals surface area contributed by atoms with Crippen LogP contribution in [0.4, 0.5) is 0 Å². The molecule has 0 spiro atoms. The number of thiophene rings is 1. The van der Waals surface area contributed by atoms with Gasteiger partial charge in [-0.3, -0.25) is 4.79 Å². The lowest BCUT2D eigenvalue weighted by Gasteiger charge is -2.14. The molecule has 3 nitrogen and oxygen atoms in total. The zero-order chi connectivity index (χ0) is 12.1. The van der Waals surface area contributed by atoms with E-state index >= 15 is 0 Å². The average Bonchev–Trinajstić information content (AvgIpc) is 2.63. The zero-order valence-corrected chi connectivity index (χ0v) is 12.0. The molecule has 0 fully saturated rings. The maximum Gasteiger partial charge on any atom is 0.265 e. The van der Waals surface area contributed by atoms with Gasteiger partial charge in [0.25, 0.3) is 5.91 Å². The number of alkyl halides is 1.